The second-order valence-electron chi connectivity index (χ2n) is 7.50. The molecule has 2 aliphatic heterocycles. The van der Waals surface area contributed by atoms with Gasteiger partial charge in [0.25, 0.3) is 0 Å². The van der Waals surface area contributed by atoms with Gasteiger partial charge in [-0.25, -0.2) is 0 Å². The smallest absolute Gasteiger partial charge is 0.311 e. The molecule has 2 aromatic carbocycles. The van der Waals surface area contributed by atoms with Crippen molar-refractivity contribution in [1.29, 1.82) is 0 Å². The molecule has 2 aromatic rings. The Morgan fingerprint density at radius 3 is 2.17 bits per heavy atom. The van der Waals surface area contributed by atoms with Crippen LogP contribution in [0.1, 0.15) is 28.7 Å². The summed E-state index contributed by atoms with van der Waals surface area (Å²) < 4.78 is 33.3. The van der Waals surface area contributed by atoms with Gasteiger partial charge in [0, 0.05) is 17.4 Å². The lowest BCUT2D eigenvalue weighted by Crippen LogP contribution is -2.32. The largest absolute Gasteiger partial charge is 0.493 e. The summed E-state index contributed by atoms with van der Waals surface area (Å²) in [6.45, 7) is -0.0275. The Kier molecular flexibility index (Phi) is 4.39. The van der Waals surface area contributed by atoms with Crippen molar-refractivity contribution in [3.8, 4) is 28.7 Å². The van der Waals surface area contributed by atoms with Crippen LogP contribution in [0, 0.1) is 11.8 Å². The minimum Gasteiger partial charge on any atom is -0.493 e. The third kappa shape index (κ3) is 2.53. The Labute approximate surface area is 173 Å². The molecule has 3 aliphatic rings. The quantitative estimate of drug-likeness (QED) is 0.746. The van der Waals surface area contributed by atoms with Crippen LogP contribution >= 0.6 is 0 Å². The maximum Gasteiger partial charge on any atom is 0.311 e. The van der Waals surface area contributed by atoms with Crippen molar-refractivity contribution < 1.29 is 38.3 Å². The first-order valence-electron chi connectivity index (χ1n) is 9.66. The highest BCUT2D eigenvalue weighted by Gasteiger charge is 2.55. The van der Waals surface area contributed by atoms with Crippen LogP contribution in [-0.4, -0.2) is 45.8 Å². The Balaban J connectivity index is 1.75. The molecule has 8 nitrogen and oxygen atoms in total. The average Bonchev–Trinajstić information content (AvgIpc) is 3.33. The van der Waals surface area contributed by atoms with Crippen molar-refractivity contribution in [1.82, 2.24) is 0 Å². The second-order valence-corrected chi connectivity index (χ2v) is 7.50. The van der Waals surface area contributed by atoms with E-state index in [4.69, 9.17) is 28.4 Å². The molecule has 0 spiro atoms. The average molecular weight is 414 g/mol. The van der Waals surface area contributed by atoms with Crippen molar-refractivity contribution in [3.05, 3.63) is 41.0 Å². The number of ether oxygens (including phenoxy) is 6. The summed E-state index contributed by atoms with van der Waals surface area (Å²) in [5.41, 5.74) is 2.52. The molecule has 0 unspecified atom stereocenters. The van der Waals surface area contributed by atoms with Crippen LogP contribution in [0.5, 0.6) is 28.7 Å². The molecule has 4 atom stereocenters. The number of hydrogen-bond donors (Lipinski definition) is 1. The van der Waals surface area contributed by atoms with Gasteiger partial charge in [0.15, 0.2) is 23.0 Å². The van der Waals surface area contributed by atoms with Crippen molar-refractivity contribution in [2.45, 2.75) is 12.0 Å². The topological polar surface area (TPSA) is 92.7 Å². The first-order valence-corrected chi connectivity index (χ1v) is 9.66. The number of methoxy groups -OCH3 is 3. The fourth-order valence-corrected chi connectivity index (χ4v) is 4.89. The first kappa shape index (κ1) is 18.9. The van der Waals surface area contributed by atoms with Gasteiger partial charge in [-0.2, -0.15) is 0 Å². The normalized spacial score (nSPS) is 25.5. The van der Waals surface area contributed by atoms with Gasteiger partial charge in [0.2, 0.25) is 12.5 Å². The van der Waals surface area contributed by atoms with E-state index in [1.807, 2.05) is 24.3 Å². The third-order valence-corrected chi connectivity index (χ3v) is 6.20. The molecule has 1 aliphatic carbocycles. The molecule has 1 saturated heterocycles. The van der Waals surface area contributed by atoms with Gasteiger partial charge in [0.05, 0.1) is 33.9 Å². The zero-order valence-corrected chi connectivity index (χ0v) is 16.8. The van der Waals surface area contributed by atoms with Gasteiger partial charge in [0.1, 0.15) is 6.10 Å². The van der Waals surface area contributed by atoms with Crippen molar-refractivity contribution in [2.24, 2.45) is 11.8 Å². The summed E-state index contributed by atoms with van der Waals surface area (Å²) in [4.78, 5) is 12.9. The predicted molar refractivity (Wildman–Crippen MR) is 103 cm³/mol. The molecule has 1 fully saturated rings. The molecule has 0 amide bonds. The summed E-state index contributed by atoms with van der Waals surface area (Å²) in [7, 11) is 4.63. The summed E-state index contributed by atoms with van der Waals surface area (Å²) in [5, 5.41) is 10.1. The summed E-state index contributed by atoms with van der Waals surface area (Å²) in [6.07, 6.45) is -0.518. The van der Waals surface area contributed by atoms with E-state index in [1.54, 1.807) is 14.2 Å². The van der Waals surface area contributed by atoms with Crippen molar-refractivity contribution >= 4 is 5.97 Å². The Bertz CT molecular complexity index is 991. The molecule has 2 bridgehead atoms. The fraction of sp³-hybridized carbons (Fsp3) is 0.409. The number of aliphatic hydroxyl groups excluding tert-OH is 1. The second kappa shape index (κ2) is 6.98. The van der Waals surface area contributed by atoms with Gasteiger partial charge in [-0.1, -0.05) is 0 Å². The Morgan fingerprint density at radius 1 is 0.967 bits per heavy atom. The fourth-order valence-electron chi connectivity index (χ4n) is 4.89. The maximum absolute atomic E-state index is 12.9. The van der Waals surface area contributed by atoms with Crippen LogP contribution in [-0.2, 0) is 9.53 Å². The predicted octanol–water partition coefficient (Wildman–Crippen LogP) is 2.41. The molecule has 0 radical (unpaired) electrons. The molecule has 0 saturated carbocycles. The molecule has 158 valence electrons. The van der Waals surface area contributed by atoms with E-state index in [-0.39, 0.29) is 31.2 Å². The monoisotopic (exact) mass is 414 g/mol. The van der Waals surface area contributed by atoms with Crippen LogP contribution in [0.2, 0.25) is 0 Å². The Morgan fingerprint density at radius 2 is 1.60 bits per heavy atom. The van der Waals surface area contributed by atoms with E-state index < -0.39 is 12.0 Å². The number of hydrogen-bond acceptors (Lipinski definition) is 8. The van der Waals surface area contributed by atoms with E-state index in [2.05, 4.69) is 0 Å². The van der Waals surface area contributed by atoms with Crippen LogP contribution in [0.3, 0.4) is 0 Å². The van der Waals surface area contributed by atoms with E-state index in [9.17, 15) is 9.90 Å². The molecule has 8 heteroatoms. The number of benzene rings is 2. The molecular weight excluding hydrogens is 392 g/mol. The molecule has 2 heterocycles. The molecular formula is C22H22O8. The van der Waals surface area contributed by atoms with Gasteiger partial charge < -0.3 is 33.5 Å². The lowest BCUT2D eigenvalue weighted by Gasteiger charge is -2.34. The van der Waals surface area contributed by atoms with Crippen LogP contribution in [0.25, 0.3) is 0 Å². The molecule has 1 N–H and O–H groups in total. The first-order chi connectivity index (χ1) is 14.6. The lowest BCUT2D eigenvalue weighted by molar-refractivity contribution is -0.144. The van der Waals surface area contributed by atoms with Gasteiger partial charge >= 0.3 is 5.97 Å². The standard InChI is InChI=1S/C22H22O8/c1-25-16-4-10(5-17(26-2)21(16)27-3)18-11-6-14-15(29-9-28-14)7-12(11)20-13(8-23)19(18)22(24)30-20/h4-7,13,18-20,23H,8-9H2,1-3H3/t13-,18-,19+,20+/m1/s1. The highest BCUT2D eigenvalue weighted by Crippen LogP contribution is 2.58. The van der Waals surface area contributed by atoms with E-state index in [1.165, 1.54) is 7.11 Å². The van der Waals surface area contributed by atoms with Crippen LogP contribution in [0.15, 0.2) is 24.3 Å². The summed E-state index contributed by atoms with van der Waals surface area (Å²) in [5.74, 6) is 1.05. The van der Waals surface area contributed by atoms with E-state index in [0.29, 0.717) is 28.7 Å². The van der Waals surface area contributed by atoms with Gasteiger partial charge in [-0.3, -0.25) is 4.79 Å². The van der Waals surface area contributed by atoms with Crippen LogP contribution < -0.4 is 23.7 Å². The van der Waals surface area contributed by atoms with E-state index in [0.717, 1.165) is 16.7 Å². The number of fused-ring (bicyclic) bond motifs is 5. The van der Waals surface area contributed by atoms with Crippen molar-refractivity contribution in [2.75, 3.05) is 34.7 Å². The van der Waals surface area contributed by atoms with E-state index >= 15 is 0 Å². The molecule has 5 rings (SSSR count). The van der Waals surface area contributed by atoms with Crippen LogP contribution in [0.4, 0.5) is 0 Å². The number of carbonyl (C=O) groups excluding carboxylic acids is 1. The van der Waals surface area contributed by atoms with Gasteiger partial charge in [-0.05, 0) is 35.4 Å². The number of esters is 1. The Hall–Kier alpha value is -3.13. The van der Waals surface area contributed by atoms with Crippen molar-refractivity contribution in [3.63, 3.8) is 0 Å². The van der Waals surface area contributed by atoms with Gasteiger partial charge in [-0.15, -0.1) is 0 Å². The third-order valence-electron chi connectivity index (χ3n) is 6.20. The number of rotatable bonds is 5. The number of carbonyl (C=O) groups is 1. The summed E-state index contributed by atoms with van der Waals surface area (Å²) in [6, 6.07) is 7.42. The zero-order chi connectivity index (χ0) is 21.0. The summed E-state index contributed by atoms with van der Waals surface area (Å²) >= 11 is 0. The minimum atomic E-state index is -0.546. The maximum atomic E-state index is 12.9. The zero-order valence-electron chi connectivity index (χ0n) is 16.8. The highest BCUT2D eigenvalue weighted by atomic mass is 16.7. The lowest BCUT2D eigenvalue weighted by atomic mass is 9.67. The highest BCUT2D eigenvalue weighted by molar-refractivity contribution is 5.80. The minimum absolute atomic E-state index is 0.143. The number of aliphatic hydroxyl groups is 1. The molecule has 0 aromatic heterocycles. The molecule has 30 heavy (non-hydrogen) atoms. The SMILES string of the molecule is COc1cc([C@@H]2c3cc4c(cc3[C@@H]3OC(=O)[C@H]2[C@H]3CO)OCO4)cc(OC)c1OC.